The fourth-order valence-electron chi connectivity index (χ4n) is 1.91. The number of Topliss-reactive ketones (excluding diaryl/α,β-unsaturated/α-hetero) is 1. The Bertz CT molecular complexity index is 698. The van der Waals surface area contributed by atoms with E-state index in [1.54, 1.807) is 18.2 Å². The lowest BCUT2D eigenvalue weighted by Gasteiger charge is -2.09. The molecule has 0 atom stereocenters. The van der Waals surface area contributed by atoms with E-state index in [-0.39, 0.29) is 23.7 Å². The molecule has 0 aliphatic carbocycles. The molecule has 0 aliphatic rings. The van der Waals surface area contributed by atoms with Crippen molar-refractivity contribution in [1.29, 1.82) is 0 Å². The lowest BCUT2D eigenvalue weighted by atomic mass is 10.1. The zero-order valence-electron chi connectivity index (χ0n) is 11.4. The molecule has 0 aromatic heterocycles. The molecule has 108 valence electrons. The van der Waals surface area contributed by atoms with Crippen LogP contribution in [0.15, 0.2) is 42.5 Å². The number of hydrogen-bond acceptors (Lipinski definition) is 3. The second-order valence-corrected chi connectivity index (χ2v) is 4.56. The molecule has 0 fully saturated rings. The molecule has 2 aromatic rings. The van der Waals surface area contributed by atoms with Crippen molar-refractivity contribution in [2.45, 2.75) is 6.92 Å². The highest BCUT2D eigenvalue weighted by Crippen LogP contribution is 2.21. The smallest absolute Gasteiger partial charge is 0.255 e. The van der Waals surface area contributed by atoms with E-state index in [2.05, 4.69) is 0 Å². The number of carbonyl (C=O) groups excluding carboxylic acids is 2. The molecule has 0 heterocycles. The Hall–Kier alpha value is -2.69. The zero-order valence-corrected chi connectivity index (χ0v) is 11.4. The van der Waals surface area contributed by atoms with Crippen molar-refractivity contribution in [2.24, 2.45) is 5.73 Å². The minimum Gasteiger partial charge on any atom is -0.484 e. The van der Waals surface area contributed by atoms with Crippen LogP contribution in [0, 0.1) is 12.7 Å². The van der Waals surface area contributed by atoms with Gasteiger partial charge in [0.1, 0.15) is 17.1 Å². The van der Waals surface area contributed by atoms with Crippen LogP contribution >= 0.6 is 0 Å². The first-order valence-electron chi connectivity index (χ1n) is 6.30. The summed E-state index contributed by atoms with van der Waals surface area (Å²) in [6.07, 6.45) is 0. The summed E-state index contributed by atoms with van der Waals surface area (Å²) in [7, 11) is 0. The molecular formula is C16H14FNO3. The van der Waals surface area contributed by atoms with Crippen LogP contribution in [0.3, 0.4) is 0 Å². The Kier molecular flexibility index (Phi) is 4.33. The molecule has 0 unspecified atom stereocenters. The third-order valence-corrected chi connectivity index (χ3v) is 2.92. The van der Waals surface area contributed by atoms with Crippen molar-refractivity contribution < 1.29 is 18.7 Å². The molecule has 2 aromatic carbocycles. The number of nitrogens with two attached hydrogens (primary N) is 1. The van der Waals surface area contributed by atoms with Gasteiger partial charge in [-0.1, -0.05) is 29.8 Å². The van der Waals surface area contributed by atoms with E-state index in [0.29, 0.717) is 5.56 Å². The lowest BCUT2D eigenvalue weighted by Crippen LogP contribution is -2.18. The maximum Gasteiger partial charge on any atom is 0.255 e. The molecule has 0 saturated heterocycles. The molecule has 21 heavy (non-hydrogen) atoms. The lowest BCUT2D eigenvalue weighted by molar-refractivity contribution is 0.0910. The van der Waals surface area contributed by atoms with E-state index in [1.807, 2.05) is 13.0 Å². The highest BCUT2D eigenvalue weighted by molar-refractivity contribution is 5.98. The van der Waals surface area contributed by atoms with Crippen molar-refractivity contribution in [3.63, 3.8) is 0 Å². The molecule has 4 nitrogen and oxygen atoms in total. The van der Waals surface area contributed by atoms with Crippen LogP contribution in [0.25, 0.3) is 0 Å². The van der Waals surface area contributed by atoms with Gasteiger partial charge in [0.2, 0.25) is 0 Å². The van der Waals surface area contributed by atoms with Crippen LogP contribution < -0.4 is 10.5 Å². The fourth-order valence-corrected chi connectivity index (χ4v) is 1.91. The summed E-state index contributed by atoms with van der Waals surface area (Å²) in [5.74, 6) is -2.02. The van der Waals surface area contributed by atoms with Crippen molar-refractivity contribution >= 4 is 11.7 Å². The number of aryl methyl sites for hydroxylation is 1. The Balaban J connectivity index is 2.15. The van der Waals surface area contributed by atoms with Gasteiger partial charge in [0.25, 0.3) is 5.91 Å². The standard InChI is InChI=1S/C16H14FNO3/c1-10-4-2-5-11(8-10)13(19)9-21-14-7-3-6-12(17)15(14)16(18)20/h2-8H,9H2,1H3,(H2,18,20). The number of rotatable bonds is 5. The summed E-state index contributed by atoms with van der Waals surface area (Å²) in [5, 5.41) is 0. The van der Waals surface area contributed by atoms with Crippen LogP contribution in [0.5, 0.6) is 5.75 Å². The summed E-state index contributed by atoms with van der Waals surface area (Å²) in [5.41, 5.74) is 6.20. The average Bonchev–Trinajstić information content (AvgIpc) is 2.44. The quantitative estimate of drug-likeness (QED) is 0.859. The van der Waals surface area contributed by atoms with Gasteiger partial charge in [-0.25, -0.2) is 4.39 Å². The van der Waals surface area contributed by atoms with E-state index in [1.165, 1.54) is 12.1 Å². The van der Waals surface area contributed by atoms with Crippen LogP contribution in [0.2, 0.25) is 0 Å². The molecule has 2 rings (SSSR count). The zero-order chi connectivity index (χ0) is 15.4. The summed E-state index contributed by atoms with van der Waals surface area (Å²) in [4.78, 5) is 23.2. The Labute approximate surface area is 121 Å². The SMILES string of the molecule is Cc1cccc(C(=O)COc2cccc(F)c2C(N)=O)c1. The largest absolute Gasteiger partial charge is 0.484 e. The molecule has 5 heteroatoms. The summed E-state index contributed by atoms with van der Waals surface area (Å²) < 4.78 is 18.8. The van der Waals surface area contributed by atoms with Crippen molar-refractivity contribution in [3.05, 3.63) is 65.0 Å². The molecule has 2 N–H and O–H groups in total. The van der Waals surface area contributed by atoms with Gasteiger partial charge in [-0.2, -0.15) is 0 Å². The van der Waals surface area contributed by atoms with E-state index in [4.69, 9.17) is 10.5 Å². The number of halogens is 1. The fraction of sp³-hybridized carbons (Fsp3) is 0.125. The van der Waals surface area contributed by atoms with Crippen LogP contribution in [-0.4, -0.2) is 18.3 Å². The highest BCUT2D eigenvalue weighted by atomic mass is 19.1. The van der Waals surface area contributed by atoms with Gasteiger partial charge in [0, 0.05) is 5.56 Å². The third-order valence-electron chi connectivity index (χ3n) is 2.92. The first kappa shape index (κ1) is 14.7. The van der Waals surface area contributed by atoms with Crippen molar-refractivity contribution in [1.82, 2.24) is 0 Å². The van der Waals surface area contributed by atoms with E-state index in [9.17, 15) is 14.0 Å². The number of carbonyl (C=O) groups is 2. The van der Waals surface area contributed by atoms with Crippen LogP contribution in [0.4, 0.5) is 4.39 Å². The molecule has 0 aliphatic heterocycles. The Morgan fingerprint density at radius 1 is 1.19 bits per heavy atom. The van der Waals surface area contributed by atoms with E-state index >= 15 is 0 Å². The molecule has 0 saturated carbocycles. The van der Waals surface area contributed by atoms with Crippen molar-refractivity contribution in [3.8, 4) is 5.75 Å². The topological polar surface area (TPSA) is 69.4 Å². The van der Waals surface area contributed by atoms with Gasteiger partial charge in [-0.05, 0) is 25.1 Å². The number of amides is 1. The average molecular weight is 287 g/mol. The minimum atomic E-state index is -0.939. The molecule has 0 spiro atoms. The van der Waals surface area contributed by atoms with Gasteiger partial charge in [0.05, 0.1) is 0 Å². The number of benzene rings is 2. The third kappa shape index (κ3) is 3.45. The molecule has 0 bridgehead atoms. The maximum atomic E-state index is 13.5. The maximum absolute atomic E-state index is 13.5. The number of primary amides is 1. The molecular weight excluding hydrogens is 273 g/mol. The number of ketones is 1. The molecule has 1 amide bonds. The second kappa shape index (κ2) is 6.17. The number of hydrogen-bond donors (Lipinski definition) is 1. The van der Waals surface area contributed by atoms with Gasteiger partial charge >= 0.3 is 0 Å². The van der Waals surface area contributed by atoms with Crippen molar-refractivity contribution in [2.75, 3.05) is 6.61 Å². The Morgan fingerprint density at radius 3 is 2.57 bits per heavy atom. The number of ether oxygens (including phenoxy) is 1. The predicted octanol–water partition coefficient (Wildman–Crippen LogP) is 2.49. The Morgan fingerprint density at radius 2 is 1.90 bits per heavy atom. The minimum absolute atomic E-state index is 0.0384. The summed E-state index contributed by atoms with van der Waals surface area (Å²) >= 11 is 0. The first-order chi connectivity index (χ1) is 9.99. The van der Waals surface area contributed by atoms with Gasteiger partial charge in [-0.15, -0.1) is 0 Å². The summed E-state index contributed by atoms with van der Waals surface area (Å²) in [6.45, 7) is 1.57. The molecule has 0 radical (unpaired) electrons. The van der Waals surface area contributed by atoms with Crippen LogP contribution in [-0.2, 0) is 0 Å². The van der Waals surface area contributed by atoms with Crippen LogP contribution in [0.1, 0.15) is 26.3 Å². The predicted molar refractivity (Wildman–Crippen MR) is 75.9 cm³/mol. The normalized spacial score (nSPS) is 10.2. The van der Waals surface area contributed by atoms with Gasteiger partial charge < -0.3 is 10.5 Å². The summed E-state index contributed by atoms with van der Waals surface area (Å²) in [6, 6.07) is 10.9. The monoisotopic (exact) mass is 287 g/mol. The first-order valence-corrected chi connectivity index (χ1v) is 6.30. The second-order valence-electron chi connectivity index (χ2n) is 4.56. The van der Waals surface area contributed by atoms with E-state index in [0.717, 1.165) is 11.6 Å². The highest BCUT2D eigenvalue weighted by Gasteiger charge is 2.16. The van der Waals surface area contributed by atoms with E-state index < -0.39 is 11.7 Å². The van der Waals surface area contributed by atoms with Gasteiger partial charge in [0.15, 0.2) is 12.4 Å². The van der Waals surface area contributed by atoms with Gasteiger partial charge in [-0.3, -0.25) is 9.59 Å².